The van der Waals surface area contributed by atoms with E-state index in [0.717, 1.165) is 62.8 Å². The molecular formula is C33H45N5O6S. The second kappa shape index (κ2) is 13.2. The van der Waals surface area contributed by atoms with Crippen molar-refractivity contribution < 1.29 is 29.7 Å². The Morgan fingerprint density at radius 3 is 2.42 bits per heavy atom. The zero-order valence-electron chi connectivity index (χ0n) is 26.3. The number of aliphatic carboxylic acids is 1. The summed E-state index contributed by atoms with van der Waals surface area (Å²) >= 11 is 4.48. The predicted molar refractivity (Wildman–Crippen MR) is 175 cm³/mol. The van der Waals surface area contributed by atoms with Gasteiger partial charge in [-0.2, -0.15) is 12.6 Å². The van der Waals surface area contributed by atoms with Crippen molar-refractivity contribution in [2.75, 3.05) is 5.75 Å². The van der Waals surface area contributed by atoms with Gasteiger partial charge >= 0.3 is 5.97 Å². The molecule has 5 atom stereocenters. The molecule has 5 heterocycles. The van der Waals surface area contributed by atoms with E-state index in [4.69, 9.17) is 4.84 Å². The molecule has 1 aromatic heterocycles. The van der Waals surface area contributed by atoms with Crippen molar-refractivity contribution in [3.63, 3.8) is 0 Å². The second-order valence-corrected chi connectivity index (χ2v) is 13.0. The summed E-state index contributed by atoms with van der Waals surface area (Å²) in [4.78, 5) is 33.2. The molecule has 0 aromatic carbocycles. The largest absolute Gasteiger partial charge is 0.481 e. The fourth-order valence-corrected chi connectivity index (χ4v) is 7.24. The first kappa shape index (κ1) is 33.1. The van der Waals surface area contributed by atoms with E-state index in [2.05, 4.69) is 58.6 Å². The van der Waals surface area contributed by atoms with Crippen LogP contribution in [0.15, 0.2) is 46.3 Å². The summed E-state index contributed by atoms with van der Waals surface area (Å²) in [5.74, 6) is -0.431. The number of H-pyrrole nitrogens is 1. The molecule has 2 fully saturated rings. The Balaban J connectivity index is 1.50. The number of aliphatic hydroxyl groups is 2. The Hall–Kier alpha value is -3.29. The zero-order valence-corrected chi connectivity index (χ0v) is 27.2. The van der Waals surface area contributed by atoms with Crippen LogP contribution in [-0.2, 0) is 20.8 Å². The van der Waals surface area contributed by atoms with Gasteiger partial charge < -0.3 is 36.3 Å². The van der Waals surface area contributed by atoms with Crippen LogP contribution in [0, 0.1) is 18.8 Å². The Labute approximate surface area is 269 Å². The molecule has 5 rings (SSSR count). The third kappa shape index (κ3) is 6.66. The Kier molecular flexibility index (Phi) is 9.71. The van der Waals surface area contributed by atoms with Crippen molar-refractivity contribution in [2.24, 2.45) is 11.8 Å². The summed E-state index contributed by atoms with van der Waals surface area (Å²) < 4.78 is 0. The van der Waals surface area contributed by atoms with Crippen molar-refractivity contribution in [3.05, 3.63) is 68.9 Å². The van der Waals surface area contributed by atoms with Crippen LogP contribution >= 0.6 is 12.6 Å². The van der Waals surface area contributed by atoms with Gasteiger partial charge in [0.1, 0.15) is 0 Å². The van der Waals surface area contributed by atoms with E-state index >= 15 is 0 Å². The van der Waals surface area contributed by atoms with Crippen LogP contribution in [0.1, 0.15) is 75.4 Å². The van der Waals surface area contributed by atoms with Gasteiger partial charge in [0.15, 0.2) is 6.29 Å². The van der Waals surface area contributed by atoms with E-state index in [1.807, 2.05) is 26.8 Å². The number of hydrogen-bond acceptors (Lipinski definition) is 9. The molecule has 4 aliphatic heterocycles. The number of allylic oxidation sites excluding steroid dienone is 2. The SMILES string of the molecule is C=CC1=C(C)[C@@H](CC2N/C(=C/c3[nH]c(/C=C4\N[C@@]5(NO5)[C@H](C)[C@H]4CCS)c(C)c3CCC(=O)O)C(CCC(O)O)=C2C)NC1=O. The van der Waals surface area contributed by atoms with E-state index in [9.17, 15) is 24.9 Å². The first-order valence-electron chi connectivity index (χ1n) is 15.6. The van der Waals surface area contributed by atoms with E-state index in [0.29, 0.717) is 24.8 Å². The molecular weight excluding hydrogens is 594 g/mol. The molecule has 1 unspecified atom stereocenters. The number of carboxylic acid groups (broad SMARTS) is 1. The molecule has 0 aliphatic carbocycles. The summed E-state index contributed by atoms with van der Waals surface area (Å²) in [5.41, 5.74) is 12.0. The van der Waals surface area contributed by atoms with Crippen LogP contribution < -0.4 is 21.4 Å². The maximum atomic E-state index is 12.4. The van der Waals surface area contributed by atoms with Crippen LogP contribution in [0.4, 0.5) is 0 Å². The molecule has 11 nitrogen and oxygen atoms in total. The van der Waals surface area contributed by atoms with Crippen LogP contribution in [0.2, 0.25) is 0 Å². The van der Waals surface area contributed by atoms with Crippen LogP contribution in [0.5, 0.6) is 0 Å². The minimum absolute atomic E-state index is 0.0174. The lowest BCUT2D eigenvalue weighted by Crippen LogP contribution is -2.36. The Morgan fingerprint density at radius 1 is 1.11 bits per heavy atom. The van der Waals surface area contributed by atoms with E-state index in [1.165, 1.54) is 0 Å². The number of hydroxylamine groups is 1. The van der Waals surface area contributed by atoms with Crippen LogP contribution in [0.3, 0.4) is 0 Å². The van der Waals surface area contributed by atoms with Gasteiger partial charge in [-0.3, -0.25) is 14.4 Å². The molecule has 45 heavy (non-hydrogen) atoms. The van der Waals surface area contributed by atoms with Gasteiger partial charge in [-0.25, -0.2) is 0 Å². The van der Waals surface area contributed by atoms with Gasteiger partial charge in [-0.15, -0.1) is 5.48 Å². The first-order chi connectivity index (χ1) is 21.4. The molecule has 244 valence electrons. The average Bonchev–Trinajstić information content (AvgIpc) is 3.44. The minimum Gasteiger partial charge on any atom is -0.481 e. The number of carboxylic acids is 1. The zero-order chi connectivity index (χ0) is 32.6. The summed E-state index contributed by atoms with van der Waals surface area (Å²) in [7, 11) is 0. The van der Waals surface area contributed by atoms with Crippen molar-refractivity contribution in [1.29, 1.82) is 0 Å². The number of carbonyl (C=O) groups excluding carboxylic acids is 1. The lowest BCUT2D eigenvalue weighted by Gasteiger charge is -2.20. The summed E-state index contributed by atoms with van der Waals surface area (Å²) in [6.45, 7) is 11.9. The first-order valence-corrected chi connectivity index (χ1v) is 16.2. The van der Waals surface area contributed by atoms with E-state index in [1.54, 1.807) is 6.08 Å². The summed E-state index contributed by atoms with van der Waals surface area (Å²) in [6, 6.07) is -0.251. The Morgan fingerprint density at radius 2 is 1.82 bits per heavy atom. The Bertz CT molecular complexity index is 1500. The standard InChI is InChI=1S/C33H45N5O6S/c1-6-20-16(2)26(36-32(20)43)13-24-17(3)21(7-9-30(39)40)27(34-24)15-28-22(8-10-31(41)42)18(4)25(35-28)14-29-23(11-12-45)19(5)33(37-29)38-44-33/h6,14-15,19,23-24,26,30,34-35,37-40,45H,1,7-13H2,2-5H3,(H,36,43)(H,41,42)/b27-15+,29-14-/t19-,23-,24?,26-,33-/m1/s1. The third-order valence-electron chi connectivity index (χ3n) is 9.84. The molecule has 4 aliphatic rings. The fraction of sp³-hybridized carbons (Fsp3) is 0.515. The van der Waals surface area contributed by atoms with E-state index in [-0.39, 0.29) is 42.7 Å². The van der Waals surface area contributed by atoms with Gasteiger partial charge in [-0.1, -0.05) is 19.6 Å². The quantitative estimate of drug-likeness (QED) is 0.0890. The van der Waals surface area contributed by atoms with Gasteiger partial charge in [0.25, 0.3) is 5.91 Å². The number of thiol groups is 1. The highest BCUT2D eigenvalue weighted by atomic mass is 32.1. The summed E-state index contributed by atoms with van der Waals surface area (Å²) in [6.07, 6.45) is 6.65. The number of rotatable bonds is 13. The summed E-state index contributed by atoms with van der Waals surface area (Å²) in [5, 5.41) is 39.1. The lowest BCUT2D eigenvalue weighted by molar-refractivity contribution is -0.137. The number of aromatic nitrogens is 1. The number of aliphatic hydroxyl groups excluding tert-OH is 1. The van der Waals surface area contributed by atoms with Crippen molar-refractivity contribution in [3.8, 4) is 0 Å². The van der Waals surface area contributed by atoms with Gasteiger partial charge in [0.05, 0.1) is 6.04 Å². The maximum Gasteiger partial charge on any atom is 0.303 e. The fourth-order valence-electron chi connectivity index (χ4n) is 6.97. The molecule has 0 saturated carbocycles. The number of nitrogens with one attached hydrogen (secondary N) is 5. The third-order valence-corrected chi connectivity index (χ3v) is 10.1. The molecule has 0 bridgehead atoms. The lowest BCUT2D eigenvalue weighted by atomic mass is 9.90. The number of hydrogen-bond donors (Lipinski definition) is 9. The molecule has 0 radical (unpaired) electrons. The van der Waals surface area contributed by atoms with Crippen LogP contribution in [0.25, 0.3) is 12.2 Å². The highest BCUT2D eigenvalue weighted by Gasteiger charge is 2.59. The highest BCUT2D eigenvalue weighted by Crippen LogP contribution is 2.45. The van der Waals surface area contributed by atoms with Gasteiger partial charge in [0.2, 0.25) is 5.85 Å². The van der Waals surface area contributed by atoms with Crippen molar-refractivity contribution in [1.82, 2.24) is 26.4 Å². The molecule has 2 saturated heterocycles. The normalized spacial score (nSPS) is 29.4. The second-order valence-electron chi connectivity index (χ2n) is 12.5. The topological polar surface area (TPSA) is 181 Å². The number of aromatic amines is 1. The highest BCUT2D eigenvalue weighted by molar-refractivity contribution is 7.80. The molecule has 8 N–H and O–H groups in total. The van der Waals surface area contributed by atoms with Gasteiger partial charge in [0, 0.05) is 59.1 Å². The molecule has 1 spiro atoms. The molecule has 1 amide bonds. The number of amides is 1. The van der Waals surface area contributed by atoms with Crippen molar-refractivity contribution in [2.45, 2.75) is 90.4 Å². The average molecular weight is 640 g/mol. The molecule has 12 heteroatoms. The monoisotopic (exact) mass is 639 g/mol. The number of carbonyl (C=O) groups is 2. The minimum atomic E-state index is -1.45. The molecule has 1 aromatic rings. The maximum absolute atomic E-state index is 12.4. The van der Waals surface area contributed by atoms with E-state index < -0.39 is 18.1 Å². The smallest absolute Gasteiger partial charge is 0.303 e. The van der Waals surface area contributed by atoms with Crippen molar-refractivity contribution >= 4 is 36.7 Å². The predicted octanol–water partition coefficient (Wildman–Crippen LogP) is 3.16. The van der Waals surface area contributed by atoms with Crippen LogP contribution in [-0.4, -0.2) is 62.2 Å². The van der Waals surface area contributed by atoms with Gasteiger partial charge in [-0.05, 0) is 92.2 Å².